The summed E-state index contributed by atoms with van der Waals surface area (Å²) in [6, 6.07) is -3.44. The SMILES string of the molecule is NC(=O)CCC(NC(=O)C(CCCN=C(N)N)NC(=O)CNC(=O)C(N)CS)C(=O)O. The molecule has 14 nitrogen and oxygen atoms in total. The monoisotopic (exact) mass is 462 g/mol. The Morgan fingerprint density at radius 3 is 2.13 bits per heavy atom. The molecule has 0 bridgehead atoms. The number of carboxylic acid groups (broad SMARTS) is 1. The fourth-order valence-corrected chi connectivity index (χ4v) is 2.38. The van der Waals surface area contributed by atoms with Crippen molar-refractivity contribution in [3.63, 3.8) is 0 Å². The van der Waals surface area contributed by atoms with Gasteiger partial charge >= 0.3 is 5.97 Å². The molecule has 0 radical (unpaired) electrons. The average Bonchev–Trinajstić information content (AvgIpc) is 2.69. The van der Waals surface area contributed by atoms with E-state index in [-0.39, 0.29) is 43.9 Å². The standard InChI is InChI=1S/C16H30N8O6S/c17-8(7-31)13(27)22-6-12(26)23-9(2-1-5-21-16(19)20)14(28)24-10(15(29)30)3-4-11(18)25/h8-10,31H,1-7,17H2,(H2,18,25)(H,22,27)(H,23,26)(H,24,28)(H,29,30)(H4,19,20,21). The minimum atomic E-state index is -1.38. The number of carbonyl (C=O) groups is 5. The minimum absolute atomic E-state index is 0.0701. The summed E-state index contributed by atoms with van der Waals surface area (Å²) >= 11 is 3.88. The second-order valence-electron chi connectivity index (χ2n) is 6.48. The molecule has 0 rings (SSSR count). The molecule has 0 aliphatic heterocycles. The Hall–Kier alpha value is -3.07. The minimum Gasteiger partial charge on any atom is -0.480 e. The summed E-state index contributed by atoms with van der Waals surface area (Å²) in [7, 11) is 0. The van der Waals surface area contributed by atoms with Gasteiger partial charge < -0.3 is 44.0 Å². The zero-order valence-electron chi connectivity index (χ0n) is 16.9. The maximum Gasteiger partial charge on any atom is 0.326 e. The Balaban J connectivity index is 5.07. The van der Waals surface area contributed by atoms with E-state index in [1.807, 2.05) is 0 Å². The number of amides is 4. The highest BCUT2D eigenvalue weighted by Crippen LogP contribution is 2.03. The molecule has 0 saturated heterocycles. The smallest absolute Gasteiger partial charge is 0.326 e. The van der Waals surface area contributed by atoms with Crippen molar-refractivity contribution in [3.8, 4) is 0 Å². The quantitative estimate of drug-likeness (QED) is 0.0493. The number of nitrogens with two attached hydrogens (primary N) is 4. The van der Waals surface area contributed by atoms with E-state index in [1.165, 1.54) is 0 Å². The summed E-state index contributed by atoms with van der Waals surface area (Å²) in [5.74, 6) is -4.27. The van der Waals surface area contributed by atoms with Gasteiger partial charge in [0.15, 0.2) is 5.96 Å². The van der Waals surface area contributed by atoms with Crippen molar-refractivity contribution in [1.82, 2.24) is 16.0 Å². The Bertz CT molecular complexity index is 685. The van der Waals surface area contributed by atoms with Crippen LogP contribution in [0.5, 0.6) is 0 Å². The van der Waals surface area contributed by atoms with Crippen molar-refractivity contribution >= 4 is 48.2 Å². The molecule has 0 fully saturated rings. The topological polar surface area (TPSA) is 258 Å². The van der Waals surface area contributed by atoms with Crippen LogP contribution in [0.1, 0.15) is 25.7 Å². The molecule has 0 saturated carbocycles. The van der Waals surface area contributed by atoms with Crippen LogP contribution in [-0.2, 0) is 24.0 Å². The van der Waals surface area contributed by atoms with E-state index in [1.54, 1.807) is 0 Å². The number of nitrogens with one attached hydrogen (secondary N) is 3. The number of hydrogen-bond acceptors (Lipinski definition) is 8. The van der Waals surface area contributed by atoms with Gasteiger partial charge in [0.25, 0.3) is 0 Å². The normalized spacial score (nSPS) is 13.2. The van der Waals surface area contributed by atoms with Gasteiger partial charge in [-0.05, 0) is 19.3 Å². The molecule has 3 unspecified atom stereocenters. The molecule has 15 heteroatoms. The lowest BCUT2D eigenvalue weighted by Gasteiger charge is -2.21. The Morgan fingerprint density at radius 2 is 1.61 bits per heavy atom. The summed E-state index contributed by atoms with van der Waals surface area (Å²) < 4.78 is 0. The van der Waals surface area contributed by atoms with Crippen LogP contribution < -0.4 is 38.9 Å². The highest BCUT2D eigenvalue weighted by molar-refractivity contribution is 7.80. The lowest BCUT2D eigenvalue weighted by Crippen LogP contribution is -2.54. The van der Waals surface area contributed by atoms with Crippen LogP contribution in [0.15, 0.2) is 4.99 Å². The van der Waals surface area contributed by atoms with Crippen LogP contribution in [0.4, 0.5) is 0 Å². The summed E-state index contributed by atoms with van der Waals surface area (Å²) in [6.45, 7) is -0.290. The molecule has 0 aliphatic rings. The van der Waals surface area contributed by atoms with Crippen molar-refractivity contribution in [2.75, 3.05) is 18.8 Å². The van der Waals surface area contributed by atoms with Gasteiger partial charge in [-0.3, -0.25) is 24.2 Å². The number of primary amides is 1. The van der Waals surface area contributed by atoms with Gasteiger partial charge in [0, 0.05) is 18.7 Å². The number of carbonyl (C=O) groups excluding carboxylic acids is 4. The van der Waals surface area contributed by atoms with E-state index in [4.69, 9.17) is 22.9 Å². The summed E-state index contributed by atoms with van der Waals surface area (Å²) in [5.41, 5.74) is 21.0. The summed E-state index contributed by atoms with van der Waals surface area (Å²) in [5, 5.41) is 16.2. The zero-order valence-corrected chi connectivity index (χ0v) is 17.8. The Kier molecular flexibility index (Phi) is 13.4. The molecular formula is C16H30N8O6S. The average molecular weight is 463 g/mol. The molecule has 4 amide bonds. The second-order valence-corrected chi connectivity index (χ2v) is 6.85. The number of guanidine groups is 1. The van der Waals surface area contributed by atoms with Crippen LogP contribution in [0.3, 0.4) is 0 Å². The maximum atomic E-state index is 12.6. The van der Waals surface area contributed by atoms with E-state index < -0.39 is 54.3 Å². The van der Waals surface area contributed by atoms with Gasteiger partial charge in [-0.15, -0.1) is 0 Å². The molecule has 31 heavy (non-hydrogen) atoms. The number of nitrogens with zero attached hydrogens (tertiary/aromatic N) is 1. The van der Waals surface area contributed by atoms with Crippen molar-refractivity contribution in [1.29, 1.82) is 0 Å². The van der Waals surface area contributed by atoms with E-state index in [9.17, 15) is 29.1 Å². The lowest BCUT2D eigenvalue weighted by molar-refractivity contribution is -0.142. The first-order chi connectivity index (χ1) is 14.5. The maximum absolute atomic E-state index is 12.6. The molecule has 12 N–H and O–H groups in total. The van der Waals surface area contributed by atoms with Gasteiger partial charge in [0.2, 0.25) is 23.6 Å². The van der Waals surface area contributed by atoms with Crippen molar-refractivity contribution in [3.05, 3.63) is 0 Å². The Labute approximate surface area is 184 Å². The highest BCUT2D eigenvalue weighted by atomic mass is 32.1. The van der Waals surface area contributed by atoms with E-state index >= 15 is 0 Å². The van der Waals surface area contributed by atoms with Crippen LogP contribution >= 0.6 is 12.6 Å². The molecule has 0 aliphatic carbocycles. The van der Waals surface area contributed by atoms with E-state index in [0.717, 1.165) is 0 Å². The number of aliphatic imine (C=N–C) groups is 1. The molecule has 0 spiro atoms. The van der Waals surface area contributed by atoms with Crippen LogP contribution in [0.2, 0.25) is 0 Å². The number of rotatable bonds is 15. The second kappa shape index (κ2) is 14.8. The highest BCUT2D eigenvalue weighted by Gasteiger charge is 2.26. The van der Waals surface area contributed by atoms with Gasteiger partial charge in [-0.25, -0.2) is 4.79 Å². The first-order valence-electron chi connectivity index (χ1n) is 9.28. The van der Waals surface area contributed by atoms with Gasteiger partial charge in [0.1, 0.15) is 12.1 Å². The fourth-order valence-electron chi connectivity index (χ4n) is 2.22. The van der Waals surface area contributed by atoms with E-state index in [2.05, 4.69) is 33.6 Å². The fraction of sp³-hybridized carbons (Fsp3) is 0.625. The largest absolute Gasteiger partial charge is 0.480 e. The number of aliphatic carboxylic acids is 1. The first kappa shape index (κ1) is 27.9. The van der Waals surface area contributed by atoms with Crippen LogP contribution in [0, 0.1) is 0 Å². The molecule has 3 atom stereocenters. The molecule has 0 aromatic rings. The number of hydrogen-bond donors (Lipinski definition) is 9. The third-order valence-corrected chi connectivity index (χ3v) is 4.24. The van der Waals surface area contributed by atoms with Gasteiger partial charge in [-0.2, -0.15) is 12.6 Å². The van der Waals surface area contributed by atoms with Crippen LogP contribution in [-0.4, -0.2) is 77.6 Å². The number of carboxylic acids is 1. The van der Waals surface area contributed by atoms with E-state index in [0.29, 0.717) is 0 Å². The zero-order chi connectivity index (χ0) is 24.0. The summed E-state index contributed by atoms with van der Waals surface area (Å²) in [6.07, 6.45) is -0.119. The molecular weight excluding hydrogens is 432 g/mol. The first-order valence-corrected chi connectivity index (χ1v) is 9.91. The predicted octanol–water partition coefficient (Wildman–Crippen LogP) is -4.27. The molecule has 176 valence electrons. The third-order valence-electron chi connectivity index (χ3n) is 3.85. The van der Waals surface area contributed by atoms with Crippen molar-refractivity contribution in [2.24, 2.45) is 27.9 Å². The molecule has 0 heterocycles. The van der Waals surface area contributed by atoms with Gasteiger partial charge in [0.05, 0.1) is 12.6 Å². The lowest BCUT2D eigenvalue weighted by atomic mass is 10.1. The predicted molar refractivity (Wildman–Crippen MR) is 115 cm³/mol. The number of thiol groups is 1. The summed E-state index contributed by atoms with van der Waals surface area (Å²) in [4.78, 5) is 62.3. The van der Waals surface area contributed by atoms with Crippen LogP contribution in [0.25, 0.3) is 0 Å². The molecule has 0 aromatic carbocycles. The van der Waals surface area contributed by atoms with Gasteiger partial charge in [-0.1, -0.05) is 0 Å². The molecule has 0 aromatic heterocycles. The van der Waals surface area contributed by atoms with Crippen molar-refractivity contribution in [2.45, 2.75) is 43.8 Å². The Morgan fingerprint density at radius 1 is 0.968 bits per heavy atom. The third kappa shape index (κ3) is 13.0. The van der Waals surface area contributed by atoms with Crippen molar-refractivity contribution < 1.29 is 29.1 Å².